The minimum Gasteiger partial charge on any atom is -0.306 e. The summed E-state index contributed by atoms with van der Waals surface area (Å²) in [6.07, 6.45) is 3.54. The van der Waals surface area contributed by atoms with Crippen molar-refractivity contribution in [1.82, 2.24) is 10.3 Å². The molecule has 0 aliphatic carbocycles. The Labute approximate surface area is 84.6 Å². The number of hydrogen-bond donors (Lipinski definition) is 1. The molecule has 76 valence electrons. The van der Waals surface area contributed by atoms with Crippen LogP contribution < -0.4 is 5.32 Å². The van der Waals surface area contributed by atoms with E-state index in [1.807, 2.05) is 26.0 Å². The van der Waals surface area contributed by atoms with Crippen LogP contribution in [-0.4, -0.2) is 17.3 Å². The number of aromatic nitrogens is 1. The molecule has 0 unspecified atom stereocenters. The van der Waals surface area contributed by atoms with Gasteiger partial charge in [0.1, 0.15) is 5.78 Å². The zero-order chi connectivity index (χ0) is 10.4. The molecule has 1 aromatic heterocycles. The van der Waals surface area contributed by atoms with Gasteiger partial charge in [0.2, 0.25) is 0 Å². The zero-order valence-corrected chi connectivity index (χ0v) is 8.66. The van der Waals surface area contributed by atoms with Crippen LogP contribution in [0.4, 0.5) is 0 Å². The summed E-state index contributed by atoms with van der Waals surface area (Å²) < 4.78 is 0. The lowest BCUT2D eigenvalue weighted by Crippen LogP contribution is -2.25. The molecule has 0 aliphatic heterocycles. The number of nitrogens with one attached hydrogen (secondary N) is 1. The normalized spacial score (nSPS) is 10.5. The molecule has 0 radical (unpaired) electrons. The van der Waals surface area contributed by atoms with Gasteiger partial charge in [-0.15, -0.1) is 0 Å². The topological polar surface area (TPSA) is 42.0 Å². The Hall–Kier alpha value is -1.22. The summed E-state index contributed by atoms with van der Waals surface area (Å²) in [6, 6.07) is 3.88. The van der Waals surface area contributed by atoms with E-state index < -0.39 is 0 Å². The van der Waals surface area contributed by atoms with Gasteiger partial charge in [0.15, 0.2) is 0 Å². The molecular formula is C11H16N2O. The number of pyridine rings is 1. The fourth-order valence-electron chi connectivity index (χ4n) is 1.04. The van der Waals surface area contributed by atoms with Crippen LogP contribution in [0.5, 0.6) is 0 Å². The maximum Gasteiger partial charge on any atom is 0.149 e. The van der Waals surface area contributed by atoms with E-state index in [4.69, 9.17) is 0 Å². The van der Waals surface area contributed by atoms with E-state index in [0.29, 0.717) is 13.1 Å². The van der Waals surface area contributed by atoms with Gasteiger partial charge in [0.25, 0.3) is 0 Å². The lowest BCUT2D eigenvalue weighted by atomic mass is 10.1. The van der Waals surface area contributed by atoms with E-state index in [1.165, 1.54) is 0 Å². The van der Waals surface area contributed by atoms with Gasteiger partial charge >= 0.3 is 0 Å². The van der Waals surface area contributed by atoms with Gasteiger partial charge in [0.05, 0.1) is 6.54 Å². The molecule has 1 N–H and O–H groups in total. The van der Waals surface area contributed by atoms with Crippen LogP contribution in [0.25, 0.3) is 0 Å². The number of nitrogens with zero attached hydrogens (tertiary/aromatic N) is 1. The minimum absolute atomic E-state index is 0.108. The van der Waals surface area contributed by atoms with E-state index in [0.717, 1.165) is 5.56 Å². The summed E-state index contributed by atoms with van der Waals surface area (Å²) in [5.41, 5.74) is 1.10. The SMILES string of the molecule is CC(C)C(=O)CNCc1cccnc1. The van der Waals surface area contributed by atoms with Gasteiger partial charge < -0.3 is 5.32 Å². The van der Waals surface area contributed by atoms with E-state index >= 15 is 0 Å². The fourth-order valence-corrected chi connectivity index (χ4v) is 1.04. The van der Waals surface area contributed by atoms with Gasteiger partial charge in [-0.3, -0.25) is 9.78 Å². The molecular weight excluding hydrogens is 176 g/mol. The third-order valence-corrected chi connectivity index (χ3v) is 2.00. The van der Waals surface area contributed by atoms with Crippen molar-refractivity contribution < 1.29 is 4.79 Å². The highest BCUT2D eigenvalue weighted by atomic mass is 16.1. The Bertz CT molecular complexity index is 283. The van der Waals surface area contributed by atoms with Crippen molar-refractivity contribution in [1.29, 1.82) is 0 Å². The summed E-state index contributed by atoms with van der Waals surface area (Å²) in [7, 11) is 0. The van der Waals surface area contributed by atoms with Crippen molar-refractivity contribution in [3.8, 4) is 0 Å². The Balaban J connectivity index is 2.26. The number of carbonyl (C=O) groups excluding carboxylic acids is 1. The summed E-state index contributed by atoms with van der Waals surface area (Å²) in [5.74, 6) is 0.352. The molecule has 14 heavy (non-hydrogen) atoms. The van der Waals surface area contributed by atoms with Crippen LogP contribution in [0.15, 0.2) is 24.5 Å². The third kappa shape index (κ3) is 3.66. The molecule has 0 spiro atoms. The summed E-state index contributed by atoms with van der Waals surface area (Å²) in [5, 5.41) is 3.09. The second-order valence-corrected chi connectivity index (χ2v) is 3.59. The largest absolute Gasteiger partial charge is 0.306 e. The smallest absolute Gasteiger partial charge is 0.149 e. The quantitative estimate of drug-likeness (QED) is 0.766. The molecule has 0 saturated heterocycles. The first-order valence-electron chi connectivity index (χ1n) is 4.82. The highest BCUT2D eigenvalue weighted by molar-refractivity contribution is 5.82. The van der Waals surface area contributed by atoms with Crippen LogP contribution in [-0.2, 0) is 11.3 Å². The number of Topliss-reactive ketones (excluding diaryl/α,β-unsaturated/α-hetero) is 1. The van der Waals surface area contributed by atoms with Crippen molar-refractivity contribution in [3.63, 3.8) is 0 Å². The van der Waals surface area contributed by atoms with E-state index in [9.17, 15) is 4.79 Å². The number of ketones is 1. The van der Waals surface area contributed by atoms with E-state index in [-0.39, 0.29) is 11.7 Å². The molecule has 1 aromatic rings. The molecule has 0 saturated carbocycles. The number of hydrogen-bond acceptors (Lipinski definition) is 3. The highest BCUT2D eigenvalue weighted by Gasteiger charge is 2.05. The minimum atomic E-state index is 0.108. The van der Waals surface area contributed by atoms with Crippen LogP contribution >= 0.6 is 0 Å². The number of rotatable bonds is 5. The van der Waals surface area contributed by atoms with Crippen molar-refractivity contribution in [2.24, 2.45) is 5.92 Å². The third-order valence-electron chi connectivity index (χ3n) is 2.00. The Kier molecular flexibility index (Phi) is 4.26. The van der Waals surface area contributed by atoms with Gasteiger partial charge in [-0.05, 0) is 11.6 Å². The van der Waals surface area contributed by atoms with Gasteiger partial charge in [0, 0.05) is 24.9 Å². The lowest BCUT2D eigenvalue weighted by Gasteiger charge is -2.05. The van der Waals surface area contributed by atoms with Gasteiger partial charge in [-0.2, -0.15) is 0 Å². The van der Waals surface area contributed by atoms with E-state index in [2.05, 4.69) is 10.3 Å². The Morgan fingerprint density at radius 3 is 2.93 bits per heavy atom. The average molecular weight is 192 g/mol. The van der Waals surface area contributed by atoms with Crippen LogP contribution in [0.3, 0.4) is 0 Å². The summed E-state index contributed by atoms with van der Waals surface area (Å²) in [6.45, 7) is 4.96. The Morgan fingerprint density at radius 2 is 2.36 bits per heavy atom. The van der Waals surface area contributed by atoms with Gasteiger partial charge in [-0.1, -0.05) is 19.9 Å². The molecule has 0 amide bonds. The van der Waals surface area contributed by atoms with Crippen LogP contribution in [0, 0.1) is 5.92 Å². The molecule has 0 fully saturated rings. The molecule has 1 rings (SSSR count). The fraction of sp³-hybridized carbons (Fsp3) is 0.455. The standard InChI is InChI=1S/C11H16N2O/c1-9(2)11(14)8-13-7-10-4-3-5-12-6-10/h3-6,9,13H,7-8H2,1-2H3. The first-order valence-corrected chi connectivity index (χ1v) is 4.82. The van der Waals surface area contributed by atoms with Crippen molar-refractivity contribution >= 4 is 5.78 Å². The second kappa shape index (κ2) is 5.50. The van der Waals surface area contributed by atoms with Crippen LogP contribution in [0.2, 0.25) is 0 Å². The number of carbonyl (C=O) groups is 1. The maximum atomic E-state index is 11.3. The molecule has 1 heterocycles. The van der Waals surface area contributed by atoms with Crippen molar-refractivity contribution in [2.75, 3.05) is 6.54 Å². The predicted molar refractivity (Wildman–Crippen MR) is 55.8 cm³/mol. The molecule has 0 aliphatic rings. The highest BCUT2D eigenvalue weighted by Crippen LogP contribution is 1.96. The average Bonchev–Trinajstić information content (AvgIpc) is 2.19. The first-order chi connectivity index (χ1) is 6.70. The lowest BCUT2D eigenvalue weighted by molar-refractivity contribution is -0.121. The van der Waals surface area contributed by atoms with Crippen LogP contribution in [0.1, 0.15) is 19.4 Å². The molecule has 0 bridgehead atoms. The van der Waals surface area contributed by atoms with Crippen molar-refractivity contribution in [3.05, 3.63) is 30.1 Å². The first kappa shape index (κ1) is 10.9. The Morgan fingerprint density at radius 1 is 1.57 bits per heavy atom. The van der Waals surface area contributed by atoms with Gasteiger partial charge in [-0.25, -0.2) is 0 Å². The monoisotopic (exact) mass is 192 g/mol. The molecule has 0 atom stereocenters. The molecule has 3 heteroatoms. The predicted octanol–water partition coefficient (Wildman–Crippen LogP) is 1.40. The summed E-state index contributed by atoms with van der Waals surface area (Å²) >= 11 is 0. The van der Waals surface area contributed by atoms with Crippen molar-refractivity contribution in [2.45, 2.75) is 20.4 Å². The maximum absolute atomic E-state index is 11.3. The molecule has 3 nitrogen and oxygen atoms in total. The van der Waals surface area contributed by atoms with E-state index in [1.54, 1.807) is 12.4 Å². The molecule has 0 aromatic carbocycles. The summed E-state index contributed by atoms with van der Waals surface area (Å²) in [4.78, 5) is 15.2. The zero-order valence-electron chi connectivity index (χ0n) is 8.66. The second-order valence-electron chi connectivity index (χ2n) is 3.59.